The fourth-order valence-electron chi connectivity index (χ4n) is 2.70. The maximum atomic E-state index is 13.0. The van der Waals surface area contributed by atoms with Crippen molar-refractivity contribution in [3.05, 3.63) is 47.7 Å². The van der Waals surface area contributed by atoms with Crippen molar-refractivity contribution >= 4 is 11.5 Å². The molecule has 1 aromatic carbocycles. The van der Waals surface area contributed by atoms with Crippen molar-refractivity contribution in [1.82, 2.24) is 9.97 Å². The van der Waals surface area contributed by atoms with Crippen LogP contribution in [0.15, 0.2) is 30.3 Å². The summed E-state index contributed by atoms with van der Waals surface area (Å²) in [6.07, 6.45) is -4.49. The smallest absolute Gasteiger partial charge is 0.368 e. The average molecular weight is 340 g/mol. The highest BCUT2D eigenvalue weighted by Crippen LogP contribution is 2.30. The van der Waals surface area contributed by atoms with Gasteiger partial charge in [0.25, 0.3) is 0 Å². The molecule has 0 unspecified atom stereocenters. The lowest BCUT2D eigenvalue weighted by molar-refractivity contribution is -0.141. The Kier molecular flexibility index (Phi) is 4.29. The first kappa shape index (κ1) is 16.5. The number of hydrogen-bond donors (Lipinski definition) is 0. The Morgan fingerprint density at radius 2 is 1.50 bits per heavy atom. The number of halogens is 4. The summed E-state index contributed by atoms with van der Waals surface area (Å²) in [6.45, 7) is 3.76. The van der Waals surface area contributed by atoms with E-state index < -0.39 is 11.9 Å². The second-order valence-corrected chi connectivity index (χ2v) is 5.61. The molecule has 3 rings (SSSR count). The largest absolute Gasteiger partial charge is 0.433 e. The maximum Gasteiger partial charge on any atom is 0.433 e. The van der Waals surface area contributed by atoms with E-state index in [1.807, 2.05) is 4.90 Å². The molecule has 0 amide bonds. The van der Waals surface area contributed by atoms with Crippen molar-refractivity contribution in [2.45, 2.75) is 13.1 Å². The zero-order valence-corrected chi connectivity index (χ0v) is 13.0. The van der Waals surface area contributed by atoms with Gasteiger partial charge in [-0.2, -0.15) is 13.2 Å². The molecule has 2 aromatic rings. The number of hydrogen-bond acceptors (Lipinski definition) is 4. The van der Waals surface area contributed by atoms with Gasteiger partial charge in [-0.05, 0) is 31.2 Å². The lowest BCUT2D eigenvalue weighted by atomic mass is 10.2. The van der Waals surface area contributed by atoms with Crippen LogP contribution >= 0.6 is 0 Å². The zero-order chi connectivity index (χ0) is 17.3. The van der Waals surface area contributed by atoms with Crippen molar-refractivity contribution in [3.63, 3.8) is 0 Å². The summed E-state index contributed by atoms with van der Waals surface area (Å²) in [5.41, 5.74) is -0.0307. The average Bonchev–Trinajstić information content (AvgIpc) is 2.54. The van der Waals surface area contributed by atoms with Crippen LogP contribution in [-0.4, -0.2) is 36.1 Å². The molecule has 24 heavy (non-hydrogen) atoms. The molecule has 2 heterocycles. The quantitative estimate of drug-likeness (QED) is 0.786. The highest BCUT2D eigenvalue weighted by molar-refractivity contribution is 5.49. The van der Waals surface area contributed by atoms with Crippen LogP contribution in [0.4, 0.5) is 29.1 Å². The van der Waals surface area contributed by atoms with E-state index in [0.717, 1.165) is 11.8 Å². The fourth-order valence-corrected chi connectivity index (χ4v) is 2.70. The van der Waals surface area contributed by atoms with E-state index >= 15 is 0 Å². The third kappa shape index (κ3) is 3.58. The van der Waals surface area contributed by atoms with Crippen molar-refractivity contribution in [3.8, 4) is 0 Å². The predicted octanol–water partition coefficient (Wildman–Crippen LogP) is 3.27. The molecule has 1 aliphatic rings. The molecule has 0 radical (unpaired) electrons. The second-order valence-electron chi connectivity index (χ2n) is 5.61. The lowest BCUT2D eigenvalue weighted by Crippen LogP contribution is -2.47. The van der Waals surface area contributed by atoms with Gasteiger partial charge in [0.05, 0.1) is 0 Å². The summed E-state index contributed by atoms with van der Waals surface area (Å²) >= 11 is 0. The van der Waals surface area contributed by atoms with Gasteiger partial charge in [-0.1, -0.05) is 0 Å². The normalized spacial score (nSPS) is 15.7. The molecule has 0 N–H and O–H groups in total. The van der Waals surface area contributed by atoms with Gasteiger partial charge in [0.1, 0.15) is 23.2 Å². The Morgan fingerprint density at radius 1 is 0.917 bits per heavy atom. The topological polar surface area (TPSA) is 32.3 Å². The molecule has 128 valence electrons. The van der Waals surface area contributed by atoms with Crippen molar-refractivity contribution in [2.75, 3.05) is 36.0 Å². The number of alkyl halides is 3. The van der Waals surface area contributed by atoms with Gasteiger partial charge in [-0.3, -0.25) is 0 Å². The van der Waals surface area contributed by atoms with Gasteiger partial charge in [0, 0.05) is 37.9 Å². The summed E-state index contributed by atoms with van der Waals surface area (Å²) in [5.74, 6) is 0.0860. The van der Waals surface area contributed by atoms with Gasteiger partial charge < -0.3 is 9.80 Å². The van der Waals surface area contributed by atoms with E-state index in [9.17, 15) is 17.6 Å². The number of aromatic nitrogens is 2. The van der Waals surface area contributed by atoms with Gasteiger partial charge in [-0.25, -0.2) is 14.4 Å². The first-order valence-corrected chi connectivity index (χ1v) is 7.51. The Labute approximate surface area is 136 Å². The number of nitrogens with zero attached hydrogens (tertiary/aromatic N) is 4. The fraction of sp³-hybridized carbons (Fsp3) is 0.375. The maximum absolute atomic E-state index is 13.0. The summed E-state index contributed by atoms with van der Waals surface area (Å²) < 4.78 is 51.6. The second kappa shape index (κ2) is 6.26. The molecule has 4 nitrogen and oxygen atoms in total. The van der Waals surface area contributed by atoms with Gasteiger partial charge in [0.15, 0.2) is 0 Å². The molecule has 0 aliphatic carbocycles. The van der Waals surface area contributed by atoms with E-state index in [1.54, 1.807) is 12.1 Å². The van der Waals surface area contributed by atoms with E-state index in [-0.39, 0.29) is 17.5 Å². The van der Waals surface area contributed by atoms with Gasteiger partial charge >= 0.3 is 6.18 Å². The number of anilines is 2. The third-order valence-corrected chi connectivity index (χ3v) is 3.91. The van der Waals surface area contributed by atoms with Crippen LogP contribution in [0, 0.1) is 12.7 Å². The highest BCUT2D eigenvalue weighted by Gasteiger charge is 2.34. The van der Waals surface area contributed by atoms with E-state index in [4.69, 9.17) is 0 Å². The van der Waals surface area contributed by atoms with Crippen LogP contribution in [0.2, 0.25) is 0 Å². The molecule has 1 saturated heterocycles. The minimum absolute atomic E-state index is 0.0980. The van der Waals surface area contributed by atoms with Gasteiger partial charge in [0.2, 0.25) is 0 Å². The third-order valence-electron chi connectivity index (χ3n) is 3.91. The van der Waals surface area contributed by atoms with E-state index in [1.165, 1.54) is 19.1 Å². The Hall–Kier alpha value is -2.38. The zero-order valence-electron chi connectivity index (χ0n) is 13.0. The van der Waals surface area contributed by atoms with Crippen molar-refractivity contribution in [2.24, 2.45) is 0 Å². The molecular weight excluding hydrogens is 324 g/mol. The molecule has 0 atom stereocenters. The first-order valence-electron chi connectivity index (χ1n) is 7.51. The molecule has 0 spiro atoms. The van der Waals surface area contributed by atoms with Crippen LogP contribution in [0.1, 0.15) is 11.5 Å². The number of piperazine rings is 1. The first-order chi connectivity index (χ1) is 11.3. The minimum atomic E-state index is -4.49. The summed E-state index contributed by atoms with van der Waals surface area (Å²) in [4.78, 5) is 11.5. The lowest BCUT2D eigenvalue weighted by Gasteiger charge is -2.36. The van der Waals surface area contributed by atoms with Crippen LogP contribution in [0.25, 0.3) is 0 Å². The Morgan fingerprint density at radius 3 is 2.08 bits per heavy atom. The Balaban J connectivity index is 1.73. The van der Waals surface area contributed by atoms with Crippen LogP contribution < -0.4 is 9.80 Å². The SMILES string of the molecule is Cc1nc(N2CCN(c3ccc(F)cc3)CC2)cc(C(F)(F)F)n1. The van der Waals surface area contributed by atoms with Crippen molar-refractivity contribution < 1.29 is 17.6 Å². The van der Waals surface area contributed by atoms with Crippen molar-refractivity contribution in [1.29, 1.82) is 0 Å². The number of aryl methyl sites for hydroxylation is 1. The number of benzene rings is 1. The van der Waals surface area contributed by atoms with Crippen LogP contribution in [0.3, 0.4) is 0 Å². The predicted molar refractivity (Wildman–Crippen MR) is 82.6 cm³/mol. The van der Waals surface area contributed by atoms with E-state index in [2.05, 4.69) is 14.9 Å². The van der Waals surface area contributed by atoms with Crippen LogP contribution in [0.5, 0.6) is 0 Å². The summed E-state index contributed by atoms with van der Waals surface area (Å²) in [5, 5.41) is 0. The molecule has 1 aromatic heterocycles. The minimum Gasteiger partial charge on any atom is -0.368 e. The standard InChI is InChI=1S/C16H16F4N4/c1-11-21-14(16(18,19)20)10-15(22-11)24-8-6-23(7-9-24)13-4-2-12(17)3-5-13/h2-5,10H,6-9H2,1H3. The molecule has 8 heteroatoms. The monoisotopic (exact) mass is 340 g/mol. The van der Waals surface area contributed by atoms with Gasteiger partial charge in [-0.15, -0.1) is 0 Å². The molecule has 0 saturated carbocycles. The molecule has 1 fully saturated rings. The molecule has 1 aliphatic heterocycles. The summed E-state index contributed by atoms with van der Waals surface area (Å²) in [6, 6.07) is 7.17. The molecular formula is C16H16F4N4. The summed E-state index contributed by atoms with van der Waals surface area (Å²) in [7, 11) is 0. The highest BCUT2D eigenvalue weighted by atomic mass is 19.4. The molecule has 0 bridgehead atoms. The Bertz CT molecular complexity index is 707. The number of rotatable bonds is 2. The van der Waals surface area contributed by atoms with Crippen LogP contribution in [-0.2, 0) is 6.18 Å². The van der Waals surface area contributed by atoms with E-state index in [0.29, 0.717) is 26.2 Å².